The molecule has 1 aliphatic rings. The molecule has 1 N–H and O–H groups in total. The van der Waals surface area contributed by atoms with Crippen LogP contribution in [0.25, 0.3) is 0 Å². The summed E-state index contributed by atoms with van der Waals surface area (Å²) in [5.41, 5.74) is 0.448. The maximum Gasteiger partial charge on any atom is 0.262 e. The number of ketones is 1. The van der Waals surface area contributed by atoms with Crippen molar-refractivity contribution in [3.63, 3.8) is 0 Å². The van der Waals surface area contributed by atoms with Crippen molar-refractivity contribution in [2.24, 2.45) is 0 Å². The highest BCUT2D eigenvalue weighted by molar-refractivity contribution is 6.23. The number of fused-ring (bicyclic) bond motifs is 1. The van der Waals surface area contributed by atoms with Crippen molar-refractivity contribution in [1.82, 2.24) is 4.90 Å². The lowest BCUT2D eigenvalue weighted by molar-refractivity contribution is -0.119. The molecule has 0 bridgehead atoms. The molecule has 1 unspecified atom stereocenters. The molecule has 2 heterocycles. The number of imide groups is 1. The van der Waals surface area contributed by atoms with Crippen molar-refractivity contribution in [2.45, 2.75) is 26.8 Å². The number of aryl methyl sites for hydroxylation is 1. The van der Waals surface area contributed by atoms with Gasteiger partial charge in [-0.1, -0.05) is 12.1 Å². The molecule has 2 aromatic rings. The molecule has 0 saturated carbocycles. The summed E-state index contributed by atoms with van der Waals surface area (Å²) in [7, 11) is 0. The quantitative estimate of drug-likeness (QED) is 0.655. The van der Waals surface area contributed by atoms with Crippen LogP contribution in [-0.2, 0) is 4.79 Å². The van der Waals surface area contributed by atoms with Gasteiger partial charge in [0.25, 0.3) is 11.8 Å². The summed E-state index contributed by atoms with van der Waals surface area (Å²) >= 11 is 0. The highest BCUT2D eigenvalue weighted by Crippen LogP contribution is 2.28. The molecule has 3 amide bonds. The molecular formula is C19H15N3O5. The molecule has 8 nitrogen and oxygen atoms in total. The smallest absolute Gasteiger partial charge is 0.262 e. The molecular weight excluding hydrogens is 350 g/mol. The molecule has 136 valence electrons. The monoisotopic (exact) mass is 365 g/mol. The summed E-state index contributed by atoms with van der Waals surface area (Å²) in [4.78, 5) is 50.1. The van der Waals surface area contributed by atoms with E-state index in [0.717, 1.165) is 4.90 Å². The lowest BCUT2D eigenvalue weighted by Gasteiger charge is -2.21. The second-order valence-corrected chi connectivity index (χ2v) is 6.10. The number of nitriles is 1. The number of carbonyl (C=O) groups excluding carboxylic acids is 4. The van der Waals surface area contributed by atoms with Gasteiger partial charge in [0.05, 0.1) is 16.7 Å². The van der Waals surface area contributed by atoms with Crippen LogP contribution >= 0.6 is 0 Å². The first-order chi connectivity index (χ1) is 12.8. The van der Waals surface area contributed by atoms with Crippen LogP contribution < -0.4 is 5.32 Å². The number of amides is 3. The van der Waals surface area contributed by atoms with Crippen molar-refractivity contribution >= 4 is 29.4 Å². The Kier molecular flexibility index (Phi) is 4.37. The highest BCUT2D eigenvalue weighted by atomic mass is 16.4. The Hall–Kier alpha value is -3.73. The Morgan fingerprint density at radius 3 is 2.22 bits per heavy atom. The lowest BCUT2D eigenvalue weighted by Crippen LogP contribution is -2.45. The minimum absolute atomic E-state index is 0.0844. The number of carbonyl (C=O) groups is 4. The van der Waals surface area contributed by atoms with E-state index in [9.17, 15) is 24.4 Å². The molecule has 0 spiro atoms. The summed E-state index contributed by atoms with van der Waals surface area (Å²) in [5.74, 6) is -2.22. The minimum Gasteiger partial charge on any atom is -0.443 e. The van der Waals surface area contributed by atoms with E-state index in [2.05, 4.69) is 5.32 Å². The number of hydrogen-bond acceptors (Lipinski definition) is 6. The Balaban J connectivity index is 1.88. The normalized spacial score (nSPS) is 13.9. The number of anilines is 1. The fourth-order valence-electron chi connectivity index (χ4n) is 3.06. The van der Waals surface area contributed by atoms with Gasteiger partial charge in [-0.25, -0.2) is 0 Å². The van der Waals surface area contributed by atoms with Crippen molar-refractivity contribution in [1.29, 1.82) is 5.26 Å². The van der Waals surface area contributed by atoms with Gasteiger partial charge < -0.3 is 4.42 Å². The topological polar surface area (TPSA) is 120 Å². The van der Waals surface area contributed by atoms with Gasteiger partial charge in [0.2, 0.25) is 11.8 Å². The molecule has 1 aromatic carbocycles. The van der Waals surface area contributed by atoms with Crippen LogP contribution in [0.3, 0.4) is 0 Å². The minimum atomic E-state index is -1.14. The van der Waals surface area contributed by atoms with Crippen LogP contribution in [0.1, 0.15) is 56.2 Å². The van der Waals surface area contributed by atoms with Crippen LogP contribution in [-0.4, -0.2) is 34.4 Å². The van der Waals surface area contributed by atoms with Gasteiger partial charge in [-0.15, -0.1) is 0 Å². The third-order valence-electron chi connectivity index (χ3n) is 4.38. The second kappa shape index (κ2) is 6.53. The number of nitrogens with one attached hydrogen (secondary N) is 1. The molecule has 3 rings (SSSR count). The van der Waals surface area contributed by atoms with Gasteiger partial charge in [0.1, 0.15) is 23.4 Å². The average molecular weight is 365 g/mol. The average Bonchev–Trinajstić information content (AvgIpc) is 3.08. The van der Waals surface area contributed by atoms with Gasteiger partial charge in [-0.05, 0) is 32.9 Å². The summed E-state index contributed by atoms with van der Waals surface area (Å²) in [6, 6.07) is 6.99. The first kappa shape index (κ1) is 18.1. The van der Waals surface area contributed by atoms with Crippen molar-refractivity contribution < 1.29 is 23.6 Å². The summed E-state index contributed by atoms with van der Waals surface area (Å²) in [6.07, 6.45) is 0. The first-order valence-electron chi connectivity index (χ1n) is 8.10. The number of rotatable bonds is 4. The maximum atomic E-state index is 12.6. The highest BCUT2D eigenvalue weighted by Gasteiger charge is 2.41. The van der Waals surface area contributed by atoms with Crippen molar-refractivity contribution in [2.75, 3.05) is 5.32 Å². The van der Waals surface area contributed by atoms with Gasteiger partial charge in [-0.3, -0.25) is 29.4 Å². The zero-order chi connectivity index (χ0) is 19.9. The molecule has 1 aromatic heterocycles. The molecule has 1 atom stereocenters. The SMILES string of the molecule is CC(=O)c1c(C)oc(NC(=O)C(C)N2C(=O)c3ccccc3C2=O)c1C#N. The Bertz CT molecular complexity index is 1010. The van der Waals surface area contributed by atoms with E-state index >= 15 is 0 Å². The third-order valence-corrected chi connectivity index (χ3v) is 4.38. The third kappa shape index (κ3) is 2.79. The first-order valence-corrected chi connectivity index (χ1v) is 8.10. The van der Waals surface area contributed by atoms with Gasteiger partial charge in [0, 0.05) is 0 Å². The van der Waals surface area contributed by atoms with Crippen LogP contribution in [0, 0.1) is 18.3 Å². The van der Waals surface area contributed by atoms with E-state index in [1.54, 1.807) is 12.1 Å². The van der Waals surface area contributed by atoms with E-state index in [-0.39, 0.29) is 39.7 Å². The van der Waals surface area contributed by atoms with Gasteiger partial charge in [0.15, 0.2) is 5.78 Å². The molecule has 0 saturated heterocycles. The van der Waals surface area contributed by atoms with Crippen LogP contribution in [0.4, 0.5) is 5.88 Å². The van der Waals surface area contributed by atoms with Crippen LogP contribution in [0.15, 0.2) is 28.7 Å². The standard InChI is InChI=1S/C19H15N3O5/c1-9(22-18(25)12-6-4-5-7-13(12)19(22)26)16(24)21-17-14(8-20)15(10(2)23)11(3)27-17/h4-7,9H,1-3H3,(H,21,24). The predicted molar refractivity (Wildman–Crippen MR) is 93.2 cm³/mol. The van der Waals surface area contributed by atoms with Gasteiger partial charge >= 0.3 is 0 Å². The van der Waals surface area contributed by atoms with Crippen LogP contribution in [0.5, 0.6) is 0 Å². The largest absolute Gasteiger partial charge is 0.443 e. The van der Waals surface area contributed by atoms with E-state index in [4.69, 9.17) is 4.42 Å². The zero-order valence-electron chi connectivity index (χ0n) is 14.8. The Labute approximate surface area is 154 Å². The second-order valence-electron chi connectivity index (χ2n) is 6.10. The fourth-order valence-corrected chi connectivity index (χ4v) is 3.06. The Morgan fingerprint density at radius 2 is 1.74 bits per heavy atom. The van der Waals surface area contributed by atoms with E-state index in [1.807, 2.05) is 6.07 Å². The molecule has 27 heavy (non-hydrogen) atoms. The van der Waals surface area contributed by atoms with Crippen molar-refractivity contribution in [3.05, 3.63) is 52.3 Å². The van der Waals surface area contributed by atoms with E-state index < -0.39 is 23.8 Å². The zero-order valence-corrected chi connectivity index (χ0v) is 14.8. The number of Topliss-reactive ketones (excluding diaryl/α,β-unsaturated/α-hetero) is 1. The molecule has 8 heteroatoms. The Morgan fingerprint density at radius 1 is 1.19 bits per heavy atom. The summed E-state index contributed by atoms with van der Waals surface area (Å²) < 4.78 is 5.33. The van der Waals surface area contributed by atoms with Crippen LogP contribution in [0.2, 0.25) is 0 Å². The van der Waals surface area contributed by atoms with E-state index in [0.29, 0.717) is 0 Å². The predicted octanol–water partition coefficient (Wildman–Crippen LogP) is 2.29. The fraction of sp³-hybridized carbons (Fsp3) is 0.211. The molecule has 0 radical (unpaired) electrons. The molecule has 0 fully saturated rings. The molecule has 0 aliphatic carbocycles. The number of hydrogen-bond donors (Lipinski definition) is 1. The number of nitrogens with zero attached hydrogens (tertiary/aromatic N) is 2. The van der Waals surface area contributed by atoms with Crippen molar-refractivity contribution in [3.8, 4) is 6.07 Å². The lowest BCUT2D eigenvalue weighted by atomic mass is 10.1. The summed E-state index contributed by atoms with van der Waals surface area (Å²) in [6.45, 7) is 4.18. The molecule has 1 aliphatic heterocycles. The number of benzene rings is 1. The summed E-state index contributed by atoms with van der Waals surface area (Å²) in [5, 5.41) is 11.7. The van der Waals surface area contributed by atoms with E-state index in [1.165, 1.54) is 32.9 Å². The van der Waals surface area contributed by atoms with Gasteiger partial charge in [-0.2, -0.15) is 5.26 Å². The maximum absolute atomic E-state index is 12.6. The number of furan rings is 1.